The summed E-state index contributed by atoms with van der Waals surface area (Å²) in [6, 6.07) is 10.9. The lowest BCUT2D eigenvalue weighted by molar-refractivity contribution is -0.389. The molecule has 0 spiro atoms. The number of hydrogen-bond acceptors (Lipinski definition) is 10. The van der Waals surface area contributed by atoms with Gasteiger partial charge >= 0.3 is 17.5 Å². The van der Waals surface area contributed by atoms with Crippen molar-refractivity contribution in [3.8, 4) is 17.2 Å². The molecule has 1 unspecified atom stereocenters. The summed E-state index contributed by atoms with van der Waals surface area (Å²) in [5.41, 5.74) is 0.818. The maximum absolute atomic E-state index is 12.3. The Bertz CT molecular complexity index is 1530. The molecule has 2 aromatic carbocycles. The molecule has 2 aromatic heterocycles. The molecule has 1 fully saturated rings. The molecule has 4 aromatic rings. The minimum Gasteiger partial charge on any atom is -0.491 e. The second-order valence-corrected chi connectivity index (χ2v) is 10.9. The Morgan fingerprint density at radius 3 is 2.48 bits per heavy atom. The molecule has 0 saturated carbocycles. The van der Waals surface area contributed by atoms with Crippen LogP contribution in [0.5, 0.6) is 17.2 Å². The molecule has 5 rings (SSSR count). The van der Waals surface area contributed by atoms with Gasteiger partial charge in [-0.1, -0.05) is 11.3 Å². The van der Waals surface area contributed by atoms with Crippen LogP contribution in [0.25, 0.3) is 10.2 Å². The van der Waals surface area contributed by atoms with E-state index in [9.17, 15) is 28.4 Å². The van der Waals surface area contributed by atoms with Gasteiger partial charge in [-0.3, -0.25) is 4.57 Å². The lowest BCUT2D eigenvalue weighted by Crippen LogP contribution is -2.38. The molecule has 1 aliphatic rings. The van der Waals surface area contributed by atoms with Crippen LogP contribution < -0.4 is 19.1 Å². The number of aliphatic hydroxyl groups excluding tert-OH is 1. The molecule has 1 aliphatic heterocycles. The number of thiazole rings is 1. The Balaban J connectivity index is 1.09. The number of nitrogens with zero attached hydrogens (tertiary/aromatic N) is 5. The molecule has 0 aliphatic carbocycles. The summed E-state index contributed by atoms with van der Waals surface area (Å²) in [5.74, 6) is 0.408. The van der Waals surface area contributed by atoms with Gasteiger partial charge in [0.15, 0.2) is 5.13 Å². The van der Waals surface area contributed by atoms with E-state index in [4.69, 9.17) is 26.1 Å². The summed E-state index contributed by atoms with van der Waals surface area (Å²) >= 11 is 7.43. The van der Waals surface area contributed by atoms with E-state index in [1.165, 1.54) is 46.4 Å². The second-order valence-electron chi connectivity index (χ2n) is 9.52. The number of alkyl halides is 3. The number of aliphatic hydroxyl groups is 1. The van der Waals surface area contributed by atoms with E-state index in [-0.39, 0.29) is 42.5 Å². The predicted octanol–water partition coefficient (Wildman–Crippen LogP) is 5.83. The summed E-state index contributed by atoms with van der Waals surface area (Å²) in [5, 5.41) is 22.0. The summed E-state index contributed by atoms with van der Waals surface area (Å²) in [4.78, 5) is 20.7. The summed E-state index contributed by atoms with van der Waals surface area (Å²) in [6.07, 6.45) is -2.71. The number of hydrogen-bond donors (Lipinski definition) is 1. The number of aryl methyl sites for hydroxylation is 1. The SMILES string of the molecule is O=[N+]([O-])c1cn(CCC(O)COc2ccc3nc(N4CCC(Oc5ccc(OC(F)(F)F)cc5)CC4)sc3c2)c(Cl)n1. The first kappa shape index (κ1) is 29.7. The van der Waals surface area contributed by atoms with Gasteiger partial charge in [0.2, 0.25) is 0 Å². The Kier molecular flexibility index (Phi) is 8.89. The van der Waals surface area contributed by atoms with E-state index >= 15 is 0 Å². The fourth-order valence-electron chi connectivity index (χ4n) is 4.38. The van der Waals surface area contributed by atoms with Gasteiger partial charge < -0.3 is 34.3 Å². The predicted molar refractivity (Wildman–Crippen MR) is 149 cm³/mol. The van der Waals surface area contributed by atoms with Crippen LogP contribution in [0.3, 0.4) is 0 Å². The normalized spacial score (nSPS) is 15.1. The first-order chi connectivity index (χ1) is 20.0. The van der Waals surface area contributed by atoms with E-state index < -0.39 is 17.4 Å². The molecule has 1 atom stereocenters. The molecular weight excluding hydrogens is 603 g/mol. The van der Waals surface area contributed by atoms with Crippen molar-refractivity contribution >= 4 is 44.1 Å². The highest BCUT2D eigenvalue weighted by Gasteiger charge is 2.31. The quantitative estimate of drug-likeness (QED) is 0.161. The molecule has 224 valence electrons. The molecular formula is C26H25ClF3N5O6S. The number of fused-ring (bicyclic) bond motifs is 1. The highest BCUT2D eigenvalue weighted by atomic mass is 35.5. The highest BCUT2D eigenvalue weighted by molar-refractivity contribution is 7.22. The maximum Gasteiger partial charge on any atom is 0.573 e. The Morgan fingerprint density at radius 2 is 1.81 bits per heavy atom. The van der Waals surface area contributed by atoms with Crippen LogP contribution >= 0.6 is 22.9 Å². The van der Waals surface area contributed by atoms with Gasteiger partial charge in [0.25, 0.3) is 0 Å². The third kappa shape index (κ3) is 7.72. The Labute approximate surface area is 246 Å². The van der Waals surface area contributed by atoms with Crippen molar-refractivity contribution in [1.29, 1.82) is 0 Å². The number of benzene rings is 2. The fourth-order valence-corrected chi connectivity index (χ4v) is 5.65. The lowest BCUT2D eigenvalue weighted by atomic mass is 10.1. The summed E-state index contributed by atoms with van der Waals surface area (Å²) in [7, 11) is 0. The zero-order valence-electron chi connectivity index (χ0n) is 21.9. The van der Waals surface area contributed by atoms with Gasteiger partial charge in [-0.2, -0.15) is 0 Å². The van der Waals surface area contributed by atoms with Gasteiger partial charge in [0.1, 0.15) is 36.2 Å². The van der Waals surface area contributed by atoms with Gasteiger partial charge in [-0.05, 0) is 70.4 Å². The van der Waals surface area contributed by atoms with Crippen LogP contribution in [0.15, 0.2) is 48.7 Å². The van der Waals surface area contributed by atoms with Crippen molar-refractivity contribution in [2.45, 2.75) is 44.4 Å². The van der Waals surface area contributed by atoms with E-state index in [0.29, 0.717) is 24.6 Å². The minimum atomic E-state index is -4.74. The van der Waals surface area contributed by atoms with Crippen LogP contribution in [0.1, 0.15) is 19.3 Å². The lowest BCUT2D eigenvalue weighted by Gasteiger charge is -2.31. The molecule has 42 heavy (non-hydrogen) atoms. The number of anilines is 1. The summed E-state index contributed by atoms with van der Waals surface area (Å²) in [6.45, 7) is 1.68. The standard InChI is InChI=1S/C26H25ClF3N5O6S/c27-24-32-23(35(37)38)14-34(24)10-7-16(36)15-39-20-5-6-21-22(13-20)42-25(31-21)33-11-8-18(9-12-33)40-17-1-3-19(4-2-17)41-26(28,29)30/h1-6,13-14,16,18,36H,7-12,15H2. The van der Waals surface area contributed by atoms with E-state index in [1.807, 2.05) is 12.1 Å². The minimum absolute atomic E-state index is 0.0221. The molecule has 1 N–H and O–H groups in total. The van der Waals surface area contributed by atoms with Crippen molar-refractivity contribution in [2.75, 3.05) is 24.6 Å². The number of piperidine rings is 1. The largest absolute Gasteiger partial charge is 0.573 e. The average molecular weight is 628 g/mol. The van der Waals surface area contributed by atoms with Crippen LogP contribution in [-0.4, -0.2) is 62.8 Å². The van der Waals surface area contributed by atoms with Gasteiger partial charge in [0.05, 0.1) is 16.3 Å². The van der Waals surface area contributed by atoms with Crippen molar-refractivity contribution in [3.05, 3.63) is 64.1 Å². The van der Waals surface area contributed by atoms with Crippen LogP contribution in [0.2, 0.25) is 5.28 Å². The van der Waals surface area contributed by atoms with Gasteiger partial charge in [-0.25, -0.2) is 4.98 Å². The number of nitro groups is 1. The number of imidazole rings is 1. The molecule has 16 heteroatoms. The molecule has 1 saturated heterocycles. The maximum atomic E-state index is 12.3. The van der Waals surface area contributed by atoms with E-state index in [2.05, 4.69) is 14.6 Å². The average Bonchev–Trinajstić information content (AvgIpc) is 3.54. The third-order valence-electron chi connectivity index (χ3n) is 6.47. The van der Waals surface area contributed by atoms with Crippen molar-refractivity contribution in [1.82, 2.24) is 14.5 Å². The fraction of sp³-hybridized carbons (Fsp3) is 0.385. The molecule has 0 radical (unpaired) electrons. The molecule has 3 heterocycles. The molecule has 11 nitrogen and oxygen atoms in total. The molecule has 0 bridgehead atoms. The topological polar surface area (TPSA) is 125 Å². The highest BCUT2D eigenvalue weighted by Crippen LogP contribution is 2.34. The first-order valence-corrected chi connectivity index (χ1v) is 14.1. The third-order valence-corrected chi connectivity index (χ3v) is 7.85. The Hall–Kier alpha value is -3.82. The van der Waals surface area contributed by atoms with E-state index in [1.54, 1.807) is 6.07 Å². The Morgan fingerprint density at radius 1 is 1.12 bits per heavy atom. The number of rotatable bonds is 11. The second kappa shape index (κ2) is 12.6. The van der Waals surface area contributed by atoms with Gasteiger partial charge in [-0.15, -0.1) is 13.2 Å². The van der Waals surface area contributed by atoms with Crippen LogP contribution in [0.4, 0.5) is 24.1 Å². The van der Waals surface area contributed by atoms with Crippen molar-refractivity contribution in [2.24, 2.45) is 0 Å². The summed E-state index contributed by atoms with van der Waals surface area (Å²) < 4.78 is 55.0. The van der Waals surface area contributed by atoms with E-state index in [0.717, 1.165) is 28.2 Å². The zero-order valence-corrected chi connectivity index (χ0v) is 23.4. The van der Waals surface area contributed by atoms with Crippen molar-refractivity contribution < 1.29 is 37.4 Å². The zero-order chi connectivity index (χ0) is 29.9. The smallest absolute Gasteiger partial charge is 0.491 e. The number of halogens is 4. The van der Waals surface area contributed by atoms with Crippen LogP contribution in [0, 0.1) is 10.1 Å². The van der Waals surface area contributed by atoms with Gasteiger partial charge in [0, 0.05) is 32.5 Å². The van der Waals surface area contributed by atoms with Crippen molar-refractivity contribution in [3.63, 3.8) is 0 Å². The monoisotopic (exact) mass is 627 g/mol. The molecule has 0 amide bonds. The first-order valence-electron chi connectivity index (χ1n) is 12.9. The van der Waals surface area contributed by atoms with Crippen LogP contribution in [-0.2, 0) is 6.54 Å². The number of aromatic nitrogens is 3. The number of ether oxygens (including phenoxy) is 3.